The summed E-state index contributed by atoms with van der Waals surface area (Å²) >= 11 is 5.16. The molecule has 8 heteroatoms. The zero-order valence-electron chi connectivity index (χ0n) is 7.32. The molecule has 1 aromatic rings. The van der Waals surface area contributed by atoms with Crippen molar-refractivity contribution in [3.8, 4) is 6.07 Å². The van der Waals surface area contributed by atoms with Crippen molar-refractivity contribution in [2.75, 3.05) is 0 Å². The lowest BCUT2D eigenvalue weighted by atomic mass is 10.1. The van der Waals surface area contributed by atoms with Crippen molar-refractivity contribution >= 4 is 11.6 Å². The molecule has 0 fully saturated rings. The van der Waals surface area contributed by atoms with Crippen LogP contribution in [0.5, 0.6) is 0 Å². The minimum atomic E-state index is -5.08. The first-order valence-electron chi connectivity index (χ1n) is 3.73. The van der Waals surface area contributed by atoms with Gasteiger partial charge in [0.05, 0.1) is 16.7 Å². The number of nitrogens with zero attached hydrogens (tertiary/aromatic N) is 2. The maximum atomic E-state index is 12.5. The second-order valence-electron chi connectivity index (χ2n) is 2.66. The fourth-order valence-electron chi connectivity index (χ4n) is 1.09. The van der Waals surface area contributed by atoms with Gasteiger partial charge in [-0.2, -0.15) is 18.4 Å². The van der Waals surface area contributed by atoms with Crippen molar-refractivity contribution in [3.63, 3.8) is 0 Å². The number of hydrogen-bond acceptors (Lipinski definition) is 2. The molecule has 0 atom stereocenters. The number of hydrogen-bond donors (Lipinski definition) is 0. The molecule has 0 N–H and O–H groups in total. The Morgan fingerprint density at radius 3 is 2.31 bits per heavy atom. The third-order valence-electron chi connectivity index (χ3n) is 1.69. The van der Waals surface area contributed by atoms with Crippen molar-refractivity contribution in [3.05, 3.63) is 28.0 Å². The van der Waals surface area contributed by atoms with Crippen molar-refractivity contribution in [2.45, 2.75) is 12.6 Å². The van der Waals surface area contributed by atoms with Gasteiger partial charge in [-0.1, -0.05) is 11.6 Å². The van der Waals surface area contributed by atoms with Crippen molar-refractivity contribution < 1.29 is 22.0 Å². The van der Waals surface area contributed by atoms with E-state index in [1.165, 1.54) is 0 Å². The van der Waals surface area contributed by atoms with Gasteiger partial charge in [-0.25, -0.2) is 13.8 Å². The quantitative estimate of drug-likeness (QED) is 0.569. The van der Waals surface area contributed by atoms with E-state index in [2.05, 4.69) is 4.98 Å². The molecule has 0 radical (unpaired) electrons. The number of rotatable bonds is 1. The van der Waals surface area contributed by atoms with E-state index in [0.29, 0.717) is 6.20 Å². The molecule has 1 heterocycles. The Bertz CT molecular complexity index is 449. The van der Waals surface area contributed by atoms with Crippen LogP contribution in [0.1, 0.15) is 23.1 Å². The molecule has 0 amide bonds. The molecule has 0 aliphatic carbocycles. The SMILES string of the molecule is N#Cc1cnc(Cl)c(C(F)F)c1C(F)(F)F. The van der Waals surface area contributed by atoms with Crippen molar-refractivity contribution in [2.24, 2.45) is 0 Å². The van der Waals surface area contributed by atoms with Crippen LogP contribution >= 0.6 is 11.6 Å². The summed E-state index contributed by atoms with van der Waals surface area (Å²) in [6.07, 6.45) is -8.02. The first-order valence-corrected chi connectivity index (χ1v) is 4.10. The van der Waals surface area contributed by atoms with E-state index in [1.54, 1.807) is 0 Å². The fourth-order valence-corrected chi connectivity index (χ4v) is 1.32. The average Bonchev–Trinajstić information content (AvgIpc) is 2.15. The highest BCUT2D eigenvalue weighted by Gasteiger charge is 2.40. The maximum Gasteiger partial charge on any atom is 0.418 e. The number of alkyl halides is 5. The Balaban J connectivity index is 3.64. The van der Waals surface area contributed by atoms with E-state index in [-0.39, 0.29) is 0 Å². The number of pyridine rings is 1. The average molecular weight is 257 g/mol. The second-order valence-corrected chi connectivity index (χ2v) is 3.02. The van der Waals surface area contributed by atoms with Crippen LogP contribution in [0.25, 0.3) is 0 Å². The van der Waals surface area contributed by atoms with E-state index < -0.39 is 34.4 Å². The molecule has 1 rings (SSSR count). The Kier molecular flexibility index (Phi) is 3.33. The summed E-state index contributed by atoms with van der Waals surface area (Å²) in [4.78, 5) is 3.11. The minimum Gasteiger partial charge on any atom is -0.243 e. The molecular formula is C8H2ClF5N2. The van der Waals surface area contributed by atoms with Gasteiger partial charge in [0.1, 0.15) is 11.2 Å². The first-order chi connectivity index (χ1) is 7.29. The number of halogens is 6. The molecule has 2 nitrogen and oxygen atoms in total. The zero-order valence-corrected chi connectivity index (χ0v) is 8.07. The summed E-state index contributed by atoms with van der Waals surface area (Å²) < 4.78 is 62.2. The predicted molar refractivity (Wildman–Crippen MR) is 43.9 cm³/mol. The van der Waals surface area contributed by atoms with Gasteiger partial charge in [0.2, 0.25) is 0 Å². The van der Waals surface area contributed by atoms with Gasteiger partial charge >= 0.3 is 6.18 Å². The summed E-state index contributed by atoms with van der Waals surface area (Å²) in [5.74, 6) is 0. The molecule has 0 aromatic carbocycles. The van der Waals surface area contributed by atoms with Crippen LogP contribution in [0.2, 0.25) is 5.15 Å². The summed E-state index contributed by atoms with van der Waals surface area (Å²) in [6, 6.07) is 1.15. The van der Waals surface area contributed by atoms with Crippen LogP contribution in [0, 0.1) is 11.3 Å². The highest BCUT2D eigenvalue weighted by molar-refractivity contribution is 6.30. The van der Waals surface area contributed by atoms with Crippen LogP contribution in [0.15, 0.2) is 6.20 Å². The number of nitriles is 1. The second kappa shape index (κ2) is 4.22. The molecule has 16 heavy (non-hydrogen) atoms. The van der Waals surface area contributed by atoms with E-state index in [1.807, 2.05) is 0 Å². The summed E-state index contributed by atoms with van der Waals surface area (Å²) in [6.45, 7) is 0. The van der Waals surface area contributed by atoms with Crippen LogP contribution in [-0.2, 0) is 6.18 Å². The number of aromatic nitrogens is 1. The van der Waals surface area contributed by atoms with Gasteiger partial charge in [-0.15, -0.1) is 0 Å². The Labute approximate surface area is 91.3 Å². The van der Waals surface area contributed by atoms with Gasteiger partial charge in [0, 0.05) is 6.20 Å². The molecule has 0 unspecified atom stereocenters. The van der Waals surface area contributed by atoms with E-state index in [0.717, 1.165) is 6.07 Å². The molecule has 86 valence electrons. The maximum absolute atomic E-state index is 12.5. The summed E-state index contributed by atoms with van der Waals surface area (Å²) in [7, 11) is 0. The zero-order chi connectivity index (χ0) is 12.5. The van der Waals surface area contributed by atoms with Crippen LogP contribution in [0.3, 0.4) is 0 Å². The molecule has 0 aliphatic heterocycles. The Hall–Kier alpha value is -1.42. The van der Waals surface area contributed by atoms with Gasteiger partial charge in [0.15, 0.2) is 0 Å². The topological polar surface area (TPSA) is 36.7 Å². The van der Waals surface area contributed by atoms with Crippen molar-refractivity contribution in [1.82, 2.24) is 4.98 Å². The van der Waals surface area contributed by atoms with Crippen molar-refractivity contribution in [1.29, 1.82) is 5.26 Å². The Morgan fingerprint density at radius 2 is 1.94 bits per heavy atom. The first kappa shape index (κ1) is 12.6. The monoisotopic (exact) mass is 256 g/mol. The Morgan fingerprint density at radius 1 is 1.38 bits per heavy atom. The van der Waals surface area contributed by atoms with Gasteiger partial charge in [-0.05, 0) is 0 Å². The third-order valence-corrected chi connectivity index (χ3v) is 1.99. The van der Waals surface area contributed by atoms with E-state index >= 15 is 0 Å². The molecule has 0 aliphatic rings. The smallest absolute Gasteiger partial charge is 0.243 e. The standard InChI is InChI=1S/C8H2ClF5N2/c9-6-4(7(10)11)5(8(12,13)14)3(1-15)2-16-6/h2,7H. The molecule has 0 bridgehead atoms. The molecule has 0 saturated carbocycles. The highest BCUT2D eigenvalue weighted by atomic mass is 35.5. The lowest BCUT2D eigenvalue weighted by Crippen LogP contribution is -2.13. The summed E-state index contributed by atoms with van der Waals surface area (Å²) in [5, 5.41) is 7.44. The molecular weight excluding hydrogens is 255 g/mol. The largest absolute Gasteiger partial charge is 0.418 e. The fraction of sp³-hybridized carbons (Fsp3) is 0.250. The highest BCUT2D eigenvalue weighted by Crippen LogP contribution is 2.40. The molecule has 0 saturated heterocycles. The normalized spacial score (nSPS) is 11.6. The predicted octanol–water partition coefficient (Wildman–Crippen LogP) is 3.56. The molecule has 1 aromatic heterocycles. The van der Waals surface area contributed by atoms with Crippen LogP contribution < -0.4 is 0 Å². The lowest BCUT2D eigenvalue weighted by molar-refractivity contribution is -0.139. The molecule has 0 spiro atoms. The van der Waals surface area contributed by atoms with Gasteiger partial charge < -0.3 is 0 Å². The van der Waals surface area contributed by atoms with E-state index in [9.17, 15) is 22.0 Å². The van der Waals surface area contributed by atoms with Crippen LogP contribution in [0.4, 0.5) is 22.0 Å². The van der Waals surface area contributed by atoms with E-state index in [4.69, 9.17) is 16.9 Å². The van der Waals surface area contributed by atoms with Gasteiger partial charge in [0.25, 0.3) is 6.43 Å². The lowest BCUT2D eigenvalue weighted by Gasteiger charge is -2.14. The minimum absolute atomic E-state index is 0.511. The summed E-state index contributed by atoms with van der Waals surface area (Å²) in [5.41, 5.74) is -4.18. The van der Waals surface area contributed by atoms with Crippen LogP contribution in [-0.4, -0.2) is 4.98 Å². The third kappa shape index (κ3) is 2.22. The van der Waals surface area contributed by atoms with Gasteiger partial charge in [-0.3, -0.25) is 0 Å².